The average Bonchev–Trinajstić information content (AvgIpc) is 2.25. The molecule has 0 aliphatic rings. The largest absolute Gasteiger partial charge is 1.00 e. The topological polar surface area (TPSA) is 18.5 Å². The van der Waals surface area contributed by atoms with Crippen LogP contribution in [0.5, 0.6) is 11.5 Å². The van der Waals surface area contributed by atoms with E-state index in [0.29, 0.717) is 0 Å². The van der Waals surface area contributed by atoms with Crippen LogP contribution in [0.4, 0.5) is 0 Å². The number of benzene rings is 1. The monoisotopic (exact) mass is 402 g/mol. The van der Waals surface area contributed by atoms with Crippen LogP contribution >= 0.6 is 0 Å². The van der Waals surface area contributed by atoms with Crippen LogP contribution in [0.2, 0.25) is 17.0 Å². The van der Waals surface area contributed by atoms with Crippen LogP contribution < -0.4 is 33.5 Å². The van der Waals surface area contributed by atoms with Gasteiger partial charge in [0, 0.05) is 0 Å². The summed E-state index contributed by atoms with van der Waals surface area (Å²) >= 11 is -0.337. The van der Waals surface area contributed by atoms with E-state index >= 15 is 0 Å². The van der Waals surface area contributed by atoms with Crippen molar-refractivity contribution >= 4 is 13.9 Å². The summed E-state index contributed by atoms with van der Waals surface area (Å²) in [6, 6.07) is 6.18. The van der Waals surface area contributed by atoms with Gasteiger partial charge in [-0.2, -0.15) is 0 Å². The average molecular weight is 401 g/mol. The first-order chi connectivity index (χ1) is 7.17. The standard InChI is InChI=1S/C12H19O2Se.HI/c1-13-11-6-5-10(7-8-15(3)4)9-12(11)14-2;/h5-6,9H,7-8H2,1-4H3;1H/q+1;/p-1. The molecule has 92 valence electrons. The summed E-state index contributed by atoms with van der Waals surface area (Å²) in [7, 11) is 3.34. The Morgan fingerprint density at radius 2 is 1.69 bits per heavy atom. The van der Waals surface area contributed by atoms with E-state index in [4.69, 9.17) is 9.47 Å². The molecule has 0 aliphatic carbocycles. The molecule has 0 saturated carbocycles. The van der Waals surface area contributed by atoms with Gasteiger partial charge >= 0.3 is 96.2 Å². The van der Waals surface area contributed by atoms with Gasteiger partial charge in [0.15, 0.2) is 0 Å². The first-order valence-electron chi connectivity index (χ1n) is 4.92. The van der Waals surface area contributed by atoms with Crippen LogP contribution in [0.3, 0.4) is 0 Å². The Labute approximate surface area is 120 Å². The SMILES string of the molecule is COc1ccc(CC[Se+](C)C)cc1OC.[I-]. The van der Waals surface area contributed by atoms with Gasteiger partial charge < -0.3 is 24.0 Å². The van der Waals surface area contributed by atoms with E-state index in [9.17, 15) is 0 Å². The molecule has 0 aromatic heterocycles. The molecule has 0 N–H and O–H groups in total. The zero-order valence-corrected chi connectivity index (χ0v) is 14.1. The number of hydrogen-bond acceptors (Lipinski definition) is 2. The normalized spacial score (nSPS) is 9.81. The van der Waals surface area contributed by atoms with Crippen molar-refractivity contribution in [1.29, 1.82) is 0 Å². The fraction of sp³-hybridized carbons (Fsp3) is 0.500. The van der Waals surface area contributed by atoms with E-state index < -0.39 is 0 Å². The number of hydrogen-bond donors (Lipinski definition) is 0. The molecule has 0 saturated heterocycles. The fourth-order valence-electron chi connectivity index (χ4n) is 1.36. The molecule has 0 radical (unpaired) electrons. The van der Waals surface area contributed by atoms with E-state index in [-0.39, 0.29) is 37.9 Å². The Kier molecular flexibility index (Phi) is 8.24. The minimum atomic E-state index is -0.337. The van der Waals surface area contributed by atoms with Crippen molar-refractivity contribution in [3.05, 3.63) is 23.8 Å². The summed E-state index contributed by atoms with van der Waals surface area (Å²) < 4.78 is 10.5. The number of methoxy groups -OCH3 is 2. The van der Waals surface area contributed by atoms with Crippen LogP contribution in [0.15, 0.2) is 18.2 Å². The van der Waals surface area contributed by atoms with E-state index in [0.717, 1.165) is 17.9 Å². The molecular formula is C12H19IO2Se. The first kappa shape index (κ1) is 16.1. The maximum atomic E-state index is 5.27. The van der Waals surface area contributed by atoms with Crippen molar-refractivity contribution in [3.8, 4) is 11.5 Å². The molecule has 1 aromatic carbocycles. The maximum Gasteiger partial charge on any atom is -1.00 e. The molecule has 4 heteroatoms. The van der Waals surface area contributed by atoms with Crippen molar-refractivity contribution < 1.29 is 33.5 Å². The molecule has 0 bridgehead atoms. The molecule has 0 unspecified atom stereocenters. The van der Waals surface area contributed by atoms with Gasteiger partial charge in [0.25, 0.3) is 0 Å². The molecule has 0 spiro atoms. The predicted molar refractivity (Wildman–Crippen MR) is 65.5 cm³/mol. The maximum absolute atomic E-state index is 5.27. The summed E-state index contributed by atoms with van der Waals surface area (Å²) in [6.45, 7) is 0. The van der Waals surface area contributed by atoms with Crippen molar-refractivity contribution in [2.45, 2.75) is 23.4 Å². The zero-order chi connectivity index (χ0) is 11.3. The van der Waals surface area contributed by atoms with Gasteiger partial charge in [-0.1, -0.05) is 0 Å². The Morgan fingerprint density at radius 3 is 2.19 bits per heavy atom. The van der Waals surface area contributed by atoms with E-state index in [1.165, 1.54) is 10.9 Å². The first-order valence-corrected chi connectivity index (χ1v) is 9.56. The molecule has 0 heterocycles. The molecule has 16 heavy (non-hydrogen) atoms. The fourth-order valence-corrected chi connectivity index (χ4v) is 2.71. The van der Waals surface area contributed by atoms with Crippen molar-refractivity contribution in [2.75, 3.05) is 14.2 Å². The van der Waals surface area contributed by atoms with Gasteiger partial charge in [-0.05, 0) is 0 Å². The molecule has 0 atom stereocenters. The van der Waals surface area contributed by atoms with Gasteiger partial charge in [0.1, 0.15) is 0 Å². The quantitative estimate of drug-likeness (QED) is 0.511. The molecule has 1 aromatic rings. The smallest absolute Gasteiger partial charge is 1.00 e. The van der Waals surface area contributed by atoms with E-state index in [1.807, 2.05) is 6.07 Å². The van der Waals surface area contributed by atoms with Crippen molar-refractivity contribution in [3.63, 3.8) is 0 Å². The van der Waals surface area contributed by atoms with Crippen molar-refractivity contribution in [1.82, 2.24) is 0 Å². The van der Waals surface area contributed by atoms with Gasteiger partial charge in [0.05, 0.1) is 0 Å². The number of ether oxygens (including phenoxy) is 2. The number of halogens is 1. The summed E-state index contributed by atoms with van der Waals surface area (Å²) in [6.07, 6.45) is 1.15. The Hall–Kier alpha value is 0.0695. The molecule has 0 fully saturated rings. The molecule has 0 aliphatic heterocycles. The van der Waals surface area contributed by atoms with Gasteiger partial charge in [-0.15, -0.1) is 0 Å². The minimum Gasteiger partial charge on any atom is -1.00 e. The molecular weight excluding hydrogens is 382 g/mol. The molecule has 1 rings (SSSR count). The number of aryl methyl sites for hydroxylation is 1. The second kappa shape index (κ2) is 8.20. The van der Waals surface area contributed by atoms with Gasteiger partial charge in [-0.25, -0.2) is 0 Å². The van der Waals surface area contributed by atoms with E-state index in [1.54, 1.807) is 14.2 Å². The van der Waals surface area contributed by atoms with Crippen LogP contribution in [0.25, 0.3) is 0 Å². The molecule has 0 amide bonds. The Morgan fingerprint density at radius 1 is 1.06 bits per heavy atom. The predicted octanol–water partition coefficient (Wildman–Crippen LogP) is 0.00470. The van der Waals surface area contributed by atoms with E-state index in [2.05, 4.69) is 23.8 Å². The second-order valence-corrected chi connectivity index (χ2v) is 8.62. The summed E-state index contributed by atoms with van der Waals surface area (Å²) in [5.41, 5.74) is 1.34. The third kappa shape index (κ3) is 4.93. The Balaban J connectivity index is 0.00000225. The minimum absolute atomic E-state index is 0. The third-order valence-electron chi connectivity index (χ3n) is 2.25. The number of rotatable bonds is 5. The van der Waals surface area contributed by atoms with Gasteiger partial charge in [0.2, 0.25) is 0 Å². The second-order valence-electron chi connectivity index (χ2n) is 3.63. The van der Waals surface area contributed by atoms with Crippen LogP contribution in [-0.4, -0.2) is 28.1 Å². The third-order valence-corrected chi connectivity index (χ3v) is 4.39. The summed E-state index contributed by atoms with van der Waals surface area (Å²) in [4.78, 5) is 0. The van der Waals surface area contributed by atoms with Crippen LogP contribution in [0.1, 0.15) is 5.56 Å². The zero-order valence-electron chi connectivity index (χ0n) is 10.2. The molecule has 2 nitrogen and oxygen atoms in total. The van der Waals surface area contributed by atoms with Crippen LogP contribution in [0, 0.1) is 0 Å². The van der Waals surface area contributed by atoms with Crippen molar-refractivity contribution in [2.24, 2.45) is 0 Å². The summed E-state index contributed by atoms with van der Waals surface area (Å²) in [5.74, 6) is 6.36. The van der Waals surface area contributed by atoms with Crippen LogP contribution in [-0.2, 0) is 6.42 Å². The van der Waals surface area contributed by atoms with Gasteiger partial charge in [-0.3, -0.25) is 0 Å². The Bertz CT molecular complexity index is 316. The summed E-state index contributed by atoms with van der Waals surface area (Å²) in [5, 5.41) is 1.33.